The highest BCUT2D eigenvalue weighted by atomic mass is 16.5. The summed E-state index contributed by atoms with van der Waals surface area (Å²) in [4.78, 5) is 0. The minimum absolute atomic E-state index is 0.00899. The molecule has 1 unspecified atom stereocenters. The molecule has 0 amide bonds. The Morgan fingerprint density at radius 3 is 2.70 bits per heavy atom. The van der Waals surface area contributed by atoms with Crippen LogP contribution in [0.4, 0.5) is 0 Å². The number of nitrogens with one attached hydrogen (secondary N) is 1. The van der Waals surface area contributed by atoms with Gasteiger partial charge in [0.05, 0.1) is 11.3 Å². The van der Waals surface area contributed by atoms with Crippen LogP contribution in [-0.4, -0.2) is 35.1 Å². The summed E-state index contributed by atoms with van der Waals surface area (Å²) in [6.45, 7) is 3.26. The smallest absolute Gasteiger partial charge is 0.0834 e. The van der Waals surface area contributed by atoms with Crippen LogP contribution in [0.25, 0.3) is 0 Å². The number of hydrogen-bond donors (Lipinski definition) is 1. The van der Waals surface area contributed by atoms with Crippen molar-refractivity contribution in [2.24, 2.45) is 7.05 Å². The molecule has 1 fully saturated rings. The summed E-state index contributed by atoms with van der Waals surface area (Å²) >= 11 is 0. The van der Waals surface area contributed by atoms with E-state index in [1.807, 2.05) is 25.0 Å². The number of aryl methyl sites for hydroxylation is 1. The highest BCUT2D eigenvalue weighted by molar-refractivity contribution is 5.06. The average molecular weight is 279 g/mol. The Morgan fingerprint density at radius 2 is 2.15 bits per heavy atom. The summed E-state index contributed by atoms with van der Waals surface area (Å²) in [5.41, 5.74) is 1.15. The number of nitrogens with zero attached hydrogens (tertiary/aromatic N) is 2. The molecular formula is C16H29N3O. The minimum Gasteiger partial charge on any atom is -0.377 e. The average Bonchev–Trinajstić information content (AvgIpc) is 2.89. The summed E-state index contributed by atoms with van der Waals surface area (Å²) in [7, 11) is 3.86. The second-order valence-corrected chi connectivity index (χ2v) is 6.02. The molecule has 0 saturated heterocycles. The predicted octanol–water partition coefficient (Wildman–Crippen LogP) is 2.68. The Morgan fingerprint density at radius 1 is 1.40 bits per heavy atom. The Balaban J connectivity index is 2.11. The van der Waals surface area contributed by atoms with Crippen molar-refractivity contribution in [3.63, 3.8) is 0 Å². The van der Waals surface area contributed by atoms with Crippen LogP contribution in [0.2, 0.25) is 0 Å². The van der Waals surface area contributed by atoms with E-state index in [-0.39, 0.29) is 5.60 Å². The molecule has 0 aliphatic heterocycles. The first-order valence-electron chi connectivity index (χ1n) is 7.97. The summed E-state index contributed by atoms with van der Waals surface area (Å²) in [5.74, 6) is 0. The maximum absolute atomic E-state index is 6.02. The lowest BCUT2D eigenvalue weighted by Gasteiger charge is -2.43. The fourth-order valence-electron chi connectivity index (χ4n) is 3.39. The van der Waals surface area contributed by atoms with Crippen molar-refractivity contribution in [3.8, 4) is 0 Å². The summed E-state index contributed by atoms with van der Waals surface area (Å²) < 4.78 is 7.90. The number of methoxy groups -OCH3 is 1. The van der Waals surface area contributed by atoms with Gasteiger partial charge in [-0.1, -0.05) is 26.2 Å². The van der Waals surface area contributed by atoms with Gasteiger partial charge in [0.25, 0.3) is 0 Å². The molecule has 1 aliphatic rings. The van der Waals surface area contributed by atoms with Gasteiger partial charge in [-0.2, -0.15) is 5.10 Å². The first-order valence-corrected chi connectivity index (χ1v) is 7.97. The Kier molecular flexibility index (Phi) is 5.61. The zero-order valence-electron chi connectivity index (χ0n) is 13.2. The first-order chi connectivity index (χ1) is 9.70. The fraction of sp³-hybridized carbons (Fsp3) is 0.812. The van der Waals surface area contributed by atoms with Crippen LogP contribution in [0, 0.1) is 0 Å². The van der Waals surface area contributed by atoms with Gasteiger partial charge < -0.3 is 10.1 Å². The third-order valence-electron chi connectivity index (χ3n) is 4.56. The van der Waals surface area contributed by atoms with Crippen LogP contribution in [0.5, 0.6) is 0 Å². The number of ether oxygens (including phenoxy) is 1. The van der Waals surface area contributed by atoms with E-state index >= 15 is 0 Å². The molecule has 0 spiro atoms. The first kappa shape index (κ1) is 15.5. The largest absolute Gasteiger partial charge is 0.377 e. The van der Waals surface area contributed by atoms with Gasteiger partial charge in [0, 0.05) is 32.8 Å². The molecule has 1 aromatic rings. The number of aromatic nitrogens is 2. The minimum atomic E-state index is -0.00899. The van der Waals surface area contributed by atoms with Crippen LogP contribution >= 0.6 is 0 Å². The van der Waals surface area contributed by atoms with Crippen LogP contribution < -0.4 is 5.32 Å². The molecule has 4 nitrogen and oxygen atoms in total. The standard InChI is InChI=1S/C16H29N3O/c1-4-11-17-15(13-14-8-12-19(2)18-14)16(20-3)9-6-5-7-10-16/h8,12,15,17H,4-7,9-11,13H2,1-3H3. The molecule has 1 aliphatic carbocycles. The number of hydrogen-bond acceptors (Lipinski definition) is 3. The van der Waals surface area contributed by atoms with E-state index in [0.29, 0.717) is 6.04 Å². The molecule has 4 heteroatoms. The molecule has 0 aromatic carbocycles. The van der Waals surface area contributed by atoms with E-state index in [1.165, 1.54) is 19.3 Å². The van der Waals surface area contributed by atoms with E-state index < -0.39 is 0 Å². The van der Waals surface area contributed by atoms with Gasteiger partial charge in [-0.05, 0) is 31.9 Å². The topological polar surface area (TPSA) is 39.1 Å². The Hall–Kier alpha value is -0.870. The Labute approximate surface area is 122 Å². The zero-order chi connectivity index (χ0) is 14.4. The van der Waals surface area contributed by atoms with Crippen molar-refractivity contribution in [1.29, 1.82) is 0 Å². The van der Waals surface area contributed by atoms with Gasteiger partial charge in [0.2, 0.25) is 0 Å². The quantitative estimate of drug-likeness (QED) is 0.834. The van der Waals surface area contributed by atoms with Crippen molar-refractivity contribution in [2.45, 2.75) is 63.5 Å². The monoisotopic (exact) mass is 279 g/mol. The summed E-state index contributed by atoms with van der Waals surface area (Å²) in [6, 6.07) is 2.48. The van der Waals surface area contributed by atoms with Crippen LogP contribution in [0.1, 0.15) is 51.1 Å². The normalized spacial score (nSPS) is 19.9. The lowest BCUT2D eigenvalue weighted by molar-refractivity contribution is -0.0674. The lowest BCUT2D eigenvalue weighted by atomic mass is 9.77. The molecule has 0 bridgehead atoms. The molecule has 20 heavy (non-hydrogen) atoms. The SMILES string of the molecule is CCCNC(Cc1ccn(C)n1)C1(OC)CCCCC1. The molecular weight excluding hydrogens is 250 g/mol. The van der Waals surface area contributed by atoms with Gasteiger partial charge in [-0.3, -0.25) is 4.68 Å². The lowest BCUT2D eigenvalue weighted by Crippen LogP contribution is -2.54. The zero-order valence-corrected chi connectivity index (χ0v) is 13.2. The van der Waals surface area contributed by atoms with E-state index in [0.717, 1.165) is 37.9 Å². The molecule has 2 rings (SSSR count). The van der Waals surface area contributed by atoms with Crippen molar-refractivity contribution in [3.05, 3.63) is 18.0 Å². The molecule has 1 atom stereocenters. The third-order valence-corrected chi connectivity index (χ3v) is 4.56. The van der Waals surface area contributed by atoms with Gasteiger partial charge in [0.1, 0.15) is 0 Å². The van der Waals surface area contributed by atoms with E-state index in [2.05, 4.69) is 23.4 Å². The van der Waals surface area contributed by atoms with E-state index in [9.17, 15) is 0 Å². The van der Waals surface area contributed by atoms with Gasteiger partial charge >= 0.3 is 0 Å². The molecule has 0 radical (unpaired) electrons. The van der Waals surface area contributed by atoms with Gasteiger partial charge in [0.15, 0.2) is 0 Å². The van der Waals surface area contributed by atoms with Crippen molar-refractivity contribution < 1.29 is 4.74 Å². The van der Waals surface area contributed by atoms with Crippen molar-refractivity contribution >= 4 is 0 Å². The second kappa shape index (κ2) is 7.23. The van der Waals surface area contributed by atoms with Crippen molar-refractivity contribution in [2.75, 3.05) is 13.7 Å². The summed E-state index contributed by atoms with van der Waals surface area (Å²) in [6.07, 6.45) is 10.4. The molecule has 1 aromatic heterocycles. The Bertz CT molecular complexity index is 396. The maximum atomic E-state index is 6.02. The highest BCUT2D eigenvalue weighted by Crippen LogP contribution is 2.35. The van der Waals surface area contributed by atoms with Crippen LogP contribution in [0.15, 0.2) is 12.3 Å². The summed E-state index contributed by atoms with van der Waals surface area (Å²) in [5, 5.41) is 8.25. The highest BCUT2D eigenvalue weighted by Gasteiger charge is 2.39. The number of rotatable bonds is 7. The second-order valence-electron chi connectivity index (χ2n) is 6.02. The third kappa shape index (κ3) is 3.61. The van der Waals surface area contributed by atoms with Crippen molar-refractivity contribution in [1.82, 2.24) is 15.1 Å². The van der Waals surface area contributed by atoms with Crippen LogP contribution in [0.3, 0.4) is 0 Å². The predicted molar refractivity (Wildman–Crippen MR) is 81.8 cm³/mol. The van der Waals surface area contributed by atoms with E-state index in [1.54, 1.807) is 0 Å². The van der Waals surface area contributed by atoms with Gasteiger partial charge in [-0.15, -0.1) is 0 Å². The fourth-order valence-corrected chi connectivity index (χ4v) is 3.39. The molecule has 114 valence electrons. The molecule has 1 heterocycles. The molecule has 1 saturated carbocycles. The van der Waals surface area contributed by atoms with Crippen LogP contribution in [-0.2, 0) is 18.2 Å². The van der Waals surface area contributed by atoms with E-state index in [4.69, 9.17) is 4.74 Å². The maximum Gasteiger partial charge on any atom is 0.0834 e. The molecule has 1 N–H and O–H groups in total. The van der Waals surface area contributed by atoms with Gasteiger partial charge in [-0.25, -0.2) is 0 Å².